The summed E-state index contributed by atoms with van der Waals surface area (Å²) in [4.78, 5) is 19.8. The molecule has 1 N–H and O–H groups in total. The van der Waals surface area contributed by atoms with Gasteiger partial charge in [-0.05, 0) is 79.3 Å². The summed E-state index contributed by atoms with van der Waals surface area (Å²) in [5, 5.41) is 4.02. The van der Waals surface area contributed by atoms with E-state index in [1.165, 1.54) is 35.3 Å². The zero-order chi connectivity index (χ0) is 23.4. The van der Waals surface area contributed by atoms with Gasteiger partial charge < -0.3 is 5.32 Å². The maximum atomic E-state index is 13.6. The third-order valence-corrected chi connectivity index (χ3v) is 7.65. The third kappa shape index (κ3) is 5.62. The molecule has 1 aromatic heterocycles. The van der Waals surface area contributed by atoms with Crippen LogP contribution in [-0.4, -0.2) is 12.1 Å². The molecule has 3 nitrogen and oxygen atoms in total. The number of rotatable bonds is 5. The molecule has 172 valence electrons. The van der Waals surface area contributed by atoms with Crippen molar-refractivity contribution in [3.63, 3.8) is 0 Å². The minimum absolute atomic E-state index is 0.0379. The average molecular weight is 459 g/mol. The highest BCUT2D eigenvalue weighted by Crippen LogP contribution is 2.39. The zero-order valence-electron chi connectivity index (χ0n) is 20.2. The lowest BCUT2D eigenvalue weighted by Crippen LogP contribution is -2.15. The van der Waals surface area contributed by atoms with Gasteiger partial charge in [0.05, 0.1) is 5.56 Å². The van der Waals surface area contributed by atoms with E-state index < -0.39 is 0 Å². The highest BCUT2D eigenvalue weighted by molar-refractivity contribution is 7.16. The van der Waals surface area contributed by atoms with Gasteiger partial charge in [0.25, 0.3) is 5.91 Å². The Morgan fingerprint density at radius 2 is 1.73 bits per heavy atom. The van der Waals surface area contributed by atoms with Gasteiger partial charge in [0.1, 0.15) is 5.00 Å². The monoisotopic (exact) mass is 458 g/mol. The van der Waals surface area contributed by atoms with Crippen LogP contribution in [0, 0.1) is 13.8 Å². The van der Waals surface area contributed by atoms with Gasteiger partial charge in [0.2, 0.25) is 0 Å². The van der Waals surface area contributed by atoms with E-state index in [1.807, 2.05) is 19.2 Å². The quantitative estimate of drug-likeness (QED) is 0.385. The molecule has 0 bridgehead atoms. The van der Waals surface area contributed by atoms with Gasteiger partial charge in [0, 0.05) is 16.8 Å². The van der Waals surface area contributed by atoms with Crippen LogP contribution in [0.3, 0.4) is 0 Å². The summed E-state index contributed by atoms with van der Waals surface area (Å²) >= 11 is 1.70. The van der Waals surface area contributed by atoms with Crippen molar-refractivity contribution in [3.05, 3.63) is 80.7 Å². The Morgan fingerprint density at radius 3 is 2.45 bits per heavy atom. The molecule has 0 radical (unpaired) electrons. The van der Waals surface area contributed by atoms with Crippen LogP contribution in [0.15, 0.2) is 47.5 Å². The number of nitrogens with one attached hydrogen (secondary N) is 1. The second-order valence-electron chi connectivity index (χ2n) is 9.45. The molecule has 0 atom stereocenters. The normalized spacial score (nSPS) is 14.2. The van der Waals surface area contributed by atoms with E-state index in [2.05, 4.69) is 62.5 Å². The number of anilines is 1. The van der Waals surface area contributed by atoms with Gasteiger partial charge >= 0.3 is 0 Å². The molecule has 0 spiro atoms. The van der Waals surface area contributed by atoms with Crippen LogP contribution in [0.25, 0.3) is 0 Å². The van der Waals surface area contributed by atoms with Crippen molar-refractivity contribution in [2.75, 3.05) is 5.32 Å². The van der Waals surface area contributed by atoms with E-state index >= 15 is 0 Å². The first kappa shape index (κ1) is 23.4. The van der Waals surface area contributed by atoms with E-state index in [9.17, 15) is 4.79 Å². The molecule has 0 fully saturated rings. The number of carbonyl (C=O) groups is 1. The third-order valence-electron chi connectivity index (χ3n) is 6.46. The molecule has 33 heavy (non-hydrogen) atoms. The maximum Gasteiger partial charge on any atom is 0.259 e. The Bertz CT molecular complexity index is 1160. The number of fused-ring (bicyclic) bond motifs is 1. The number of carbonyl (C=O) groups excluding carboxylic acids is 1. The number of hydrogen-bond acceptors (Lipinski definition) is 3. The molecule has 2 aromatic carbocycles. The first-order valence-corrected chi connectivity index (χ1v) is 12.9. The summed E-state index contributed by atoms with van der Waals surface area (Å²) in [5.74, 6) is 0.470. The van der Waals surface area contributed by atoms with Crippen LogP contribution in [0.4, 0.5) is 10.7 Å². The number of aryl methyl sites for hydroxylation is 3. The van der Waals surface area contributed by atoms with Gasteiger partial charge in [-0.1, -0.05) is 63.1 Å². The average Bonchev–Trinajstić information content (AvgIpc) is 3.11. The van der Waals surface area contributed by atoms with Crippen molar-refractivity contribution in [1.82, 2.24) is 0 Å². The number of hydrogen-bond donors (Lipinski definition) is 1. The molecular weight excluding hydrogens is 424 g/mol. The molecule has 0 aliphatic heterocycles. The SMILES string of the molecule is Cc1ccc(C)c(NC(=O)c2c(N=Cc3ccc(C(C)C)cc3)sc3c2CCCCCC3)c1. The summed E-state index contributed by atoms with van der Waals surface area (Å²) in [6, 6.07) is 14.7. The van der Waals surface area contributed by atoms with Crippen molar-refractivity contribution in [1.29, 1.82) is 0 Å². The molecule has 1 aliphatic carbocycles. The van der Waals surface area contributed by atoms with Crippen LogP contribution < -0.4 is 5.32 Å². The van der Waals surface area contributed by atoms with Crippen LogP contribution in [-0.2, 0) is 12.8 Å². The first-order valence-electron chi connectivity index (χ1n) is 12.1. The standard InChI is InChI=1S/C29H34N2OS/c1-19(2)23-15-13-22(14-16-23)18-30-29-27(24-9-7-5-6-8-10-26(24)33-29)28(32)31-25-17-20(3)11-12-21(25)4/h11-19H,5-10H2,1-4H3,(H,31,32). The Balaban J connectivity index is 1.69. The van der Waals surface area contributed by atoms with Gasteiger partial charge in [-0.3, -0.25) is 4.79 Å². The number of amides is 1. The molecule has 0 saturated carbocycles. The molecular formula is C29H34N2OS. The van der Waals surface area contributed by atoms with E-state index in [4.69, 9.17) is 4.99 Å². The fraction of sp³-hybridized carbons (Fsp3) is 0.379. The fourth-order valence-electron chi connectivity index (χ4n) is 4.39. The predicted molar refractivity (Wildman–Crippen MR) is 142 cm³/mol. The topological polar surface area (TPSA) is 41.5 Å². The van der Waals surface area contributed by atoms with Crippen molar-refractivity contribution in [2.24, 2.45) is 4.99 Å². The van der Waals surface area contributed by atoms with Gasteiger partial charge in [-0.15, -0.1) is 11.3 Å². The van der Waals surface area contributed by atoms with E-state index in [-0.39, 0.29) is 5.91 Å². The molecule has 3 aromatic rings. The second-order valence-corrected chi connectivity index (χ2v) is 10.5. The molecule has 4 heteroatoms. The Labute approximate surface area is 202 Å². The largest absolute Gasteiger partial charge is 0.322 e. The second kappa shape index (κ2) is 10.5. The molecule has 1 aliphatic rings. The van der Waals surface area contributed by atoms with Crippen LogP contribution in [0.5, 0.6) is 0 Å². The zero-order valence-corrected chi connectivity index (χ0v) is 21.0. The van der Waals surface area contributed by atoms with E-state index in [0.717, 1.165) is 52.2 Å². The summed E-state index contributed by atoms with van der Waals surface area (Å²) in [6.45, 7) is 8.49. The molecule has 1 heterocycles. The summed E-state index contributed by atoms with van der Waals surface area (Å²) < 4.78 is 0. The lowest BCUT2D eigenvalue weighted by atomic mass is 9.96. The highest BCUT2D eigenvalue weighted by Gasteiger charge is 2.24. The van der Waals surface area contributed by atoms with Crippen LogP contribution in [0.2, 0.25) is 0 Å². The van der Waals surface area contributed by atoms with Crippen molar-refractivity contribution in [2.45, 2.75) is 72.1 Å². The first-order chi connectivity index (χ1) is 15.9. The number of aliphatic imine (C=N–C) groups is 1. The number of benzene rings is 2. The molecule has 0 unspecified atom stereocenters. The van der Waals surface area contributed by atoms with Gasteiger partial charge in [-0.25, -0.2) is 4.99 Å². The number of nitrogens with zero attached hydrogens (tertiary/aromatic N) is 1. The van der Waals surface area contributed by atoms with Gasteiger partial charge in [-0.2, -0.15) is 0 Å². The van der Waals surface area contributed by atoms with Crippen molar-refractivity contribution < 1.29 is 4.79 Å². The highest BCUT2D eigenvalue weighted by atomic mass is 32.1. The Hall–Kier alpha value is -2.72. The van der Waals surface area contributed by atoms with Crippen LogP contribution in [0.1, 0.15) is 88.5 Å². The van der Waals surface area contributed by atoms with Gasteiger partial charge in [0.15, 0.2) is 0 Å². The maximum absolute atomic E-state index is 13.6. The summed E-state index contributed by atoms with van der Waals surface area (Å²) in [6.07, 6.45) is 8.72. The Morgan fingerprint density at radius 1 is 1.00 bits per heavy atom. The summed E-state index contributed by atoms with van der Waals surface area (Å²) in [7, 11) is 0. The minimum atomic E-state index is -0.0379. The fourth-order valence-corrected chi connectivity index (χ4v) is 5.62. The lowest BCUT2D eigenvalue weighted by Gasteiger charge is -2.13. The lowest BCUT2D eigenvalue weighted by molar-refractivity contribution is 0.102. The van der Waals surface area contributed by atoms with Crippen molar-refractivity contribution >= 4 is 34.1 Å². The predicted octanol–water partition coefficient (Wildman–Crippen LogP) is 8.15. The van der Waals surface area contributed by atoms with E-state index in [0.29, 0.717) is 5.92 Å². The van der Waals surface area contributed by atoms with E-state index in [1.54, 1.807) is 11.3 Å². The van der Waals surface area contributed by atoms with Crippen molar-refractivity contribution in [3.8, 4) is 0 Å². The molecule has 4 rings (SSSR count). The summed E-state index contributed by atoms with van der Waals surface area (Å²) in [5.41, 5.74) is 7.45. The molecule has 0 saturated heterocycles. The van der Waals surface area contributed by atoms with Crippen LogP contribution >= 0.6 is 11.3 Å². The smallest absolute Gasteiger partial charge is 0.259 e. The Kier molecular flexibility index (Phi) is 7.44. The number of thiophene rings is 1. The minimum Gasteiger partial charge on any atom is -0.322 e. The molecule has 1 amide bonds.